The predicted octanol–water partition coefficient (Wildman–Crippen LogP) is 5.27. The first-order valence-electron chi connectivity index (χ1n) is 8.90. The van der Waals surface area contributed by atoms with Gasteiger partial charge in [-0.15, -0.1) is 0 Å². The van der Waals surface area contributed by atoms with Crippen LogP contribution in [-0.4, -0.2) is 22.3 Å². The highest BCUT2D eigenvalue weighted by molar-refractivity contribution is 6.35. The Bertz CT molecular complexity index is 836. The van der Waals surface area contributed by atoms with Gasteiger partial charge >= 0.3 is 0 Å². The molecule has 27 heavy (non-hydrogen) atoms. The molecular formula is C20H20Cl2N2O3. The van der Waals surface area contributed by atoms with Crippen LogP contribution in [0.25, 0.3) is 0 Å². The first kappa shape index (κ1) is 19.6. The summed E-state index contributed by atoms with van der Waals surface area (Å²) in [4.78, 5) is 25.0. The Balaban J connectivity index is 1.72. The first-order valence-corrected chi connectivity index (χ1v) is 9.65. The van der Waals surface area contributed by atoms with Gasteiger partial charge in [0.05, 0.1) is 4.92 Å². The molecule has 0 aliphatic heterocycles. The zero-order chi connectivity index (χ0) is 19.4. The van der Waals surface area contributed by atoms with Crippen LogP contribution in [0.15, 0.2) is 42.5 Å². The average Bonchev–Trinajstić information content (AvgIpc) is 2.58. The minimum Gasteiger partial charge on any atom is -0.338 e. The van der Waals surface area contributed by atoms with Gasteiger partial charge in [-0.05, 0) is 42.5 Å². The third-order valence-electron chi connectivity index (χ3n) is 4.95. The molecule has 1 amide bonds. The maximum atomic E-state index is 12.8. The molecule has 1 aliphatic carbocycles. The van der Waals surface area contributed by atoms with Crippen molar-refractivity contribution in [3.8, 4) is 0 Å². The normalized spacial score (nSPS) is 13.9. The van der Waals surface area contributed by atoms with E-state index in [1.54, 1.807) is 24.3 Å². The molecule has 2 aromatic rings. The molecule has 0 saturated heterocycles. The molecule has 0 aromatic heterocycles. The van der Waals surface area contributed by atoms with E-state index < -0.39 is 4.92 Å². The van der Waals surface area contributed by atoms with E-state index in [0.29, 0.717) is 29.6 Å². The lowest BCUT2D eigenvalue weighted by Gasteiger charge is -2.32. The minimum absolute atomic E-state index is 0.0450. The fourth-order valence-corrected chi connectivity index (χ4v) is 3.61. The van der Waals surface area contributed by atoms with Gasteiger partial charge in [-0.3, -0.25) is 14.9 Å². The zero-order valence-electron chi connectivity index (χ0n) is 14.7. The molecule has 2 aromatic carbocycles. The molecule has 1 aliphatic rings. The topological polar surface area (TPSA) is 63.5 Å². The van der Waals surface area contributed by atoms with Crippen molar-refractivity contribution in [3.63, 3.8) is 0 Å². The predicted molar refractivity (Wildman–Crippen MR) is 106 cm³/mol. The third kappa shape index (κ3) is 4.99. The third-order valence-corrected chi connectivity index (χ3v) is 5.54. The summed E-state index contributed by atoms with van der Waals surface area (Å²) in [7, 11) is 0. The number of nitrogens with zero attached hydrogens (tertiary/aromatic N) is 2. The molecule has 0 bridgehead atoms. The second-order valence-corrected chi connectivity index (χ2v) is 7.64. The quantitative estimate of drug-likeness (QED) is 0.464. The number of benzene rings is 2. The summed E-state index contributed by atoms with van der Waals surface area (Å²) in [6, 6.07) is 11.7. The smallest absolute Gasteiger partial charge is 0.269 e. The van der Waals surface area contributed by atoms with Crippen molar-refractivity contribution in [2.45, 2.75) is 32.2 Å². The van der Waals surface area contributed by atoms with Crippen molar-refractivity contribution in [1.82, 2.24) is 4.90 Å². The zero-order valence-corrected chi connectivity index (χ0v) is 16.2. The SMILES string of the molecule is O=C(C1CCC1)N(CCc1ccc(Cl)cc1Cl)Cc1ccc([N+](=O)[O-])cc1. The first-order chi connectivity index (χ1) is 12.9. The number of carbonyl (C=O) groups excluding carboxylic acids is 1. The van der Waals surface area contributed by atoms with E-state index in [4.69, 9.17) is 23.2 Å². The maximum Gasteiger partial charge on any atom is 0.269 e. The molecule has 142 valence electrons. The van der Waals surface area contributed by atoms with Crippen LogP contribution in [0.2, 0.25) is 10.0 Å². The summed E-state index contributed by atoms with van der Waals surface area (Å²) < 4.78 is 0. The molecule has 7 heteroatoms. The number of carbonyl (C=O) groups is 1. The van der Waals surface area contributed by atoms with E-state index in [1.165, 1.54) is 12.1 Å². The van der Waals surface area contributed by atoms with Gasteiger partial charge < -0.3 is 4.90 Å². The van der Waals surface area contributed by atoms with Gasteiger partial charge in [0.25, 0.3) is 5.69 Å². The van der Waals surface area contributed by atoms with Crippen LogP contribution in [0, 0.1) is 16.0 Å². The Morgan fingerprint density at radius 3 is 2.41 bits per heavy atom. The summed E-state index contributed by atoms with van der Waals surface area (Å²) in [5.74, 6) is 0.230. The lowest BCUT2D eigenvalue weighted by atomic mass is 9.84. The highest BCUT2D eigenvalue weighted by Crippen LogP contribution is 2.29. The van der Waals surface area contributed by atoms with Crippen molar-refractivity contribution >= 4 is 34.8 Å². The van der Waals surface area contributed by atoms with Gasteiger partial charge in [0.15, 0.2) is 0 Å². The Morgan fingerprint density at radius 2 is 1.85 bits per heavy atom. The molecular weight excluding hydrogens is 387 g/mol. The second kappa shape index (κ2) is 8.72. The number of hydrogen-bond acceptors (Lipinski definition) is 3. The van der Waals surface area contributed by atoms with Gasteiger partial charge in [0, 0.05) is 41.2 Å². The maximum absolute atomic E-state index is 12.8. The molecule has 0 atom stereocenters. The highest BCUT2D eigenvalue weighted by Gasteiger charge is 2.29. The minimum atomic E-state index is -0.427. The summed E-state index contributed by atoms with van der Waals surface area (Å²) in [5.41, 5.74) is 1.86. The Labute approximate surface area is 168 Å². The molecule has 0 spiro atoms. The van der Waals surface area contributed by atoms with Gasteiger partial charge in [0.1, 0.15) is 0 Å². The Kier molecular flexibility index (Phi) is 6.34. The van der Waals surface area contributed by atoms with Crippen LogP contribution in [0.3, 0.4) is 0 Å². The molecule has 1 saturated carbocycles. The summed E-state index contributed by atoms with van der Waals surface area (Å²) in [6.07, 6.45) is 3.57. The standard InChI is InChI=1S/C20H20Cl2N2O3/c21-17-7-6-15(19(22)12-17)10-11-23(20(25)16-2-1-3-16)13-14-4-8-18(9-5-14)24(26)27/h4-9,12,16H,1-3,10-11,13H2. The molecule has 0 radical (unpaired) electrons. The number of non-ortho nitro benzene ring substituents is 1. The van der Waals surface area contributed by atoms with Gasteiger partial charge in [0.2, 0.25) is 5.91 Å². The van der Waals surface area contributed by atoms with Gasteiger partial charge in [-0.2, -0.15) is 0 Å². The van der Waals surface area contributed by atoms with E-state index >= 15 is 0 Å². The molecule has 0 unspecified atom stereocenters. The van der Waals surface area contributed by atoms with Crippen LogP contribution in [0.5, 0.6) is 0 Å². The number of amides is 1. The second-order valence-electron chi connectivity index (χ2n) is 6.80. The van der Waals surface area contributed by atoms with Crippen LogP contribution < -0.4 is 0 Å². The molecule has 5 nitrogen and oxygen atoms in total. The molecule has 0 heterocycles. The van der Waals surface area contributed by atoms with Crippen molar-refractivity contribution in [3.05, 3.63) is 73.8 Å². The van der Waals surface area contributed by atoms with Crippen molar-refractivity contribution in [1.29, 1.82) is 0 Å². The van der Waals surface area contributed by atoms with Gasteiger partial charge in [-0.25, -0.2) is 0 Å². The van der Waals surface area contributed by atoms with Crippen molar-refractivity contribution in [2.24, 2.45) is 5.92 Å². The number of hydrogen-bond donors (Lipinski definition) is 0. The Hall–Kier alpha value is -2.11. The number of rotatable bonds is 7. The fourth-order valence-electron chi connectivity index (χ4n) is 3.10. The number of nitro groups is 1. The van der Waals surface area contributed by atoms with Crippen LogP contribution >= 0.6 is 23.2 Å². The molecule has 1 fully saturated rings. The van der Waals surface area contributed by atoms with Crippen LogP contribution in [0.1, 0.15) is 30.4 Å². The highest BCUT2D eigenvalue weighted by atomic mass is 35.5. The lowest BCUT2D eigenvalue weighted by molar-refractivity contribution is -0.384. The summed E-state index contributed by atoms with van der Waals surface area (Å²) in [6.45, 7) is 0.964. The van der Waals surface area contributed by atoms with E-state index in [9.17, 15) is 14.9 Å². The average molecular weight is 407 g/mol. The number of nitro benzene ring substituents is 1. The number of halogens is 2. The fraction of sp³-hybridized carbons (Fsp3) is 0.350. The Morgan fingerprint density at radius 1 is 1.15 bits per heavy atom. The lowest BCUT2D eigenvalue weighted by Crippen LogP contribution is -2.39. The molecule has 0 N–H and O–H groups in total. The van der Waals surface area contributed by atoms with Crippen molar-refractivity contribution in [2.75, 3.05) is 6.54 Å². The van der Waals surface area contributed by atoms with E-state index in [0.717, 1.165) is 30.4 Å². The van der Waals surface area contributed by atoms with E-state index in [2.05, 4.69) is 0 Å². The van der Waals surface area contributed by atoms with Crippen LogP contribution in [0.4, 0.5) is 5.69 Å². The molecule has 3 rings (SSSR count). The van der Waals surface area contributed by atoms with Crippen LogP contribution in [-0.2, 0) is 17.8 Å². The van der Waals surface area contributed by atoms with Gasteiger partial charge in [-0.1, -0.05) is 47.8 Å². The summed E-state index contributed by atoms with van der Waals surface area (Å²) in [5, 5.41) is 12.0. The monoisotopic (exact) mass is 406 g/mol. The van der Waals surface area contributed by atoms with E-state index in [1.807, 2.05) is 11.0 Å². The van der Waals surface area contributed by atoms with E-state index in [-0.39, 0.29) is 17.5 Å². The largest absolute Gasteiger partial charge is 0.338 e. The van der Waals surface area contributed by atoms with Crippen molar-refractivity contribution < 1.29 is 9.72 Å². The summed E-state index contributed by atoms with van der Waals surface area (Å²) >= 11 is 12.2.